The molecule has 0 heterocycles. The molecule has 0 saturated heterocycles. The van der Waals surface area contributed by atoms with Crippen LogP contribution in [0.25, 0.3) is 0 Å². The van der Waals surface area contributed by atoms with Gasteiger partial charge in [0, 0.05) is 0 Å². The molecule has 0 bridgehead atoms. The maximum atomic E-state index is 12.6. The Morgan fingerprint density at radius 3 is 1.62 bits per heavy atom. The molecule has 0 saturated carbocycles. The molecule has 0 aliphatic carbocycles. The van der Waals surface area contributed by atoms with Crippen LogP contribution in [0.5, 0.6) is 0 Å². The third-order valence-electron chi connectivity index (χ3n) is 5.74. The van der Waals surface area contributed by atoms with Gasteiger partial charge in [0.05, 0.1) is 7.11 Å². The number of rotatable bonds is 10. The first-order valence-corrected chi connectivity index (χ1v) is 13.5. The summed E-state index contributed by atoms with van der Waals surface area (Å²) in [4.78, 5) is 24.7. The number of methoxy groups -OCH3 is 1. The first-order valence-electron chi connectivity index (χ1n) is 11.5. The molecule has 1 N–H and O–H groups in total. The highest BCUT2D eigenvalue weighted by molar-refractivity contribution is 7.95. The Bertz CT molecular complexity index is 945. The van der Waals surface area contributed by atoms with Crippen molar-refractivity contribution in [2.75, 3.05) is 19.9 Å². The second-order valence-electron chi connectivity index (χ2n) is 8.53. The lowest BCUT2D eigenvalue weighted by Gasteiger charge is -2.27. The van der Waals surface area contributed by atoms with Crippen molar-refractivity contribution in [3.63, 3.8) is 0 Å². The molecule has 0 aliphatic rings. The van der Waals surface area contributed by atoms with E-state index in [1.807, 2.05) is 32.0 Å². The van der Waals surface area contributed by atoms with Crippen molar-refractivity contribution in [3.05, 3.63) is 91.0 Å². The number of carbonyl (C=O) groups is 2. The molecular weight excluding hydrogens is 445 g/mol. The highest BCUT2D eigenvalue weighted by Crippen LogP contribution is 2.54. The number of esters is 1. The monoisotopic (exact) mass is 478 g/mol. The van der Waals surface area contributed by atoms with Crippen molar-refractivity contribution in [2.24, 2.45) is 5.92 Å². The van der Waals surface area contributed by atoms with Crippen LogP contribution >= 0.6 is 7.26 Å². The van der Waals surface area contributed by atoms with Gasteiger partial charge in [-0.05, 0) is 48.7 Å². The zero-order valence-electron chi connectivity index (χ0n) is 20.0. The van der Waals surface area contributed by atoms with Crippen molar-refractivity contribution < 1.29 is 19.1 Å². The fourth-order valence-corrected chi connectivity index (χ4v) is 8.25. The van der Waals surface area contributed by atoms with Crippen LogP contribution in [0.4, 0.5) is 4.79 Å². The summed E-state index contributed by atoms with van der Waals surface area (Å²) in [7, 11) is -0.767. The van der Waals surface area contributed by atoms with Crippen LogP contribution in [0.1, 0.15) is 20.3 Å². The maximum Gasteiger partial charge on any atom is 0.407 e. The van der Waals surface area contributed by atoms with E-state index in [0.29, 0.717) is 12.6 Å². The molecule has 0 fully saturated rings. The van der Waals surface area contributed by atoms with Gasteiger partial charge < -0.3 is 14.8 Å². The standard InChI is InChI=1S/C28H32NO4P/c1-22(2)21-26(27(30)32-3)29-28(31)33-19-20-34(23-13-7-4-8-14-23,24-15-9-5-10-16-24)25-17-11-6-12-18-25/h4-18,22,26H,19-21H2,1-3H3/p+1. The summed E-state index contributed by atoms with van der Waals surface area (Å²) in [6.07, 6.45) is 0.519. The van der Waals surface area contributed by atoms with Gasteiger partial charge in [-0.3, -0.25) is 0 Å². The molecule has 6 heteroatoms. The molecule has 178 valence electrons. The first kappa shape index (κ1) is 25.5. The molecule has 34 heavy (non-hydrogen) atoms. The van der Waals surface area contributed by atoms with E-state index in [-0.39, 0.29) is 12.5 Å². The van der Waals surface area contributed by atoms with E-state index >= 15 is 0 Å². The van der Waals surface area contributed by atoms with Crippen molar-refractivity contribution in [3.8, 4) is 0 Å². The third-order valence-corrected chi connectivity index (χ3v) is 10.1. The molecule has 0 aliphatic heterocycles. The molecular formula is C28H33NO4P+. The number of hydrogen-bond donors (Lipinski definition) is 1. The van der Waals surface area contributed by atoms with Crippen LogP contribution < -0.4 is 21.2 Å². The topological polar surface area (TPSA) is 64.6 Å². The molecule has 3 rings (SSSR count). The smallest absolute Gasteiger partial charge is 0.407 e. The minimum Gasteiger partial charge on any atom is -0.467 e. The Hall–Kier alpha value is -3.17. The Morgan fingerprint density at radius 1 is 0.794 bits per heavy atom. The Balaban J connectivity index is 1.87. The average Bonchev–Trinajstić information content (AvgIpc) is 2.87. The van der Waals surface area contributed by atoms with Gasteiger partial charge in [0.1, 0.15) is 42.0 Å². The van der Waals surface area contributed by atoms with Gasteiger partial charge in [0.2, 0.25) is 0 Å². The highest BCUT2D eigenvalue weighted by Gasteiger charge is 2.45. The number of ether oxygens (including phenoxy) is 2. The average molecular weight is 479 g/mol. The molecule has 3 aromatic rings. The van der Waals surface area contributed by atoms with Crippen LogP contribution in [0, 0.1) is 5.92 Å². The largest absolute Gasteiger partial charge is 0.467 e. The predicted molar refractivity (Wildman–Crippen MR) is 140 cm³/mol. The van der Waals surface area contributed by atoms with Crippen LogP contribution in [0.3, 0.4) is 0 Å². The molecule has 1 unspecified atom stereocenters. The first-order chi connectivity index (χ1) is 16.5. The zero-order chi connectivity index (χ0) is 24.4. The third kappa shape index (κ3) is 6.24. The Labute approximate surface area is 202 Å². The van der Waals surface area contributed by atoms with Crippen LogP contribution in [-0.2, 0) is 14.3 Å². The molecule has 0 aromatic heterocycles. The minimum atomic E-state index is -2.09. The molecule has 1 atom stereocenters. The van der Waals surface area contributed by atoms with Crippen molar-refractivity contribution in [1.82, 2.24) is 5.32 Å². The summed E-state index contributed by atoms with van der Waals surface area (Å²) in [5, 5.41) is 6.36. The van der Waals surface area contributed by atoms with Gasteiger partial charge in [0.25, 0.3) is 0 Å². The number of amides is 1. The quantitative estimate of drug-likeness (QED) is 0.349. The second kappa shape index (κ2) is 12.3. The van der Waals surface area contributed by atoms with Crippen LogP contribution in [0.2, 0.25) is 0 Å². The highest BCUT2D eigenvalue weighted by atomic mass is 31.2. The molecule has 1 amide bonds. The summed E-state index contributed by atoms with van der Waals surface area (Å²) in [5.74, 6) is -0.248. The number of benzene rings is 3. The van der Waals surface area contributed by atoms with Crippen molar-refractivity contribution >= 4 is 35.2 Å². The normalized spacial score (nSPS) is 12.1. The Kier molecular flexibility index (Phi) is 9.24. The van der Waals surface area contributed by atoms with Crippen molar-refractivity contribution in [2.45, 2.75) is 26.3 Å². The fraction of sp³-hybridized carbons (Fsp3) is 0.286. The summed E-state index contributed by atoms with van der Waals surface area (Å²) in [5.41, 5.74) is 0. The molecule has 0 spiro atoms. The lowest BCUT2D eigenvalue weighted by Crippen LogP contribution is -2.43. The van der Waals surface area contributed by atoms with E-state index in [1.54, 1.807) is 0 Å². The summed E-state index contributed by atoms with van der Waals surface area (Å²) >= 11 is 0. The second-order valence-corrected chi connectivity index (χ2v) is 12.1. The van der Waals surface area contributed by atoms with Gasteiger partial charge >= 0.3 is 12.1 Å². The van der Waals surface area contributed by atoms with Gasteiger partial charge in [-0.25, -0.2) is 9.59 Å². The molecule has 5 nitrogen and oxygen atoms in total. The maximum absolute atomic E-state index is 12.6. The van der Waals surface area contributed by atoms with E-state index in [2.05, 4.69) is 78.1 Å². The fourth-order valence-electron chi connectivity index (χ4n) is 4.17. The van der Waals surface area contributed by atoms with E-state index in [1.165, 1.54) is 23.0 Å². The zero-order valence-corrected chi connectivity index (χ0v) is 20.9. The van der Waals surface area contributed by atoms with E-state index < -0.39 is 25.4 Å². The summed E-state index contributed by atoms with van der Waals surface area (Å²) < 4.78 is 10.5. The number of carbonyl (C=O) groups excluding carboxylic acids is 2. The number of hydrogen-bond acceptors (Lipinski definition) is 4. The van der Waals surface area contributed by atoms with Crippen LogP contribution in [0.15, 0.2) is 91.0 Å². The predicted octanol–water partition coefficient (Wildman–Crippen LogP) is 4.29. The van der Waals surface area contributed by atoms with Gasteiger partial charge in [-0.2, -0.15) is 0 Å². The van der Waals surface area contributed by atoms with E-state index in [9.17, 15) is 9.59 Å². The number of alkyl carbamates (subject to hydrolysis) is 1. The van der Waals surface area contributed by atoms with Crippen LogP contribution in [-0.4, -0.2) is 38.0 Å². The van der Waals surface area contributed by atoms with Gasteiger partial charge in [-0.1, -0.05) is 68.4 Å². The van der Waals surface area contributed by atoms with E-state index in [0.717, 1.165) is 0 Å². The lowest BCUT2D eigenvalue weighted by atomic mass is 10.0. The summed E-state index contributed by atoms with van der Waals surface area (Å²) in [6.45, 7) is 4.19. The SMILES string of the molecule is COC(=O)C(CC(C)C)NC(=O)OCC[P+](c1ccccc1)(c1ccccc1)c1ccccc1. The Morgan fingerprint density at radius 2 is 1.24 bits per heavy atom. The lowest BCUT2D eigenvalue weighted by molar-refractivity contribution is -0.143. The van der Waals surface area contributed by atoms with E-state index in [4.69, 9.17) is 9.47 Å². The van der Waals surface area contributed by atoms with Crippen molar-refractivity contribution in [1.29, 1.82) is 0 Å². The summed E-state index contributed by atoms with van der Waals surface area (Å²) in [6, 6.07) is 30.6. The van der Waals surface area contributed by atoms with Gasteiger partial charge in [0.15, 0.2) is 0 Å². The molecule has 3 aromatic carbocycles. The number of nitrogens with one attached hydrogen (secondary N) is 1. The van der Waals surface area contributed by atoms with Gasteiger partial charge in [-0.15, -0.1) is 0 Å². The minimum absolute atomic E-state index is 0.216. The molecule has 0 radical (unpaired) electrons.